The highest BCUT2D eigenvalue weighted by atomic mass is 32.2. The number of nitrogen functional groups attached to an aromatic ring is 1. The van der Waals surface area contributed by atoms with Gasteiger partial charge in [-0.05, 0) is 19.1 Å². The van der Waals surface area contributed by atoms with Crippen LogP contribution in [-0.4, -0.2) is 77.2 Å². The fraction of sp³-hybridized carbons (Fsp3) is 0.381. The molecular formula is C21H28N9O3S+. The van der Waals surface area contributed by atoms with Crippen LogP contribution in [0.25, 0.3) is 11.4 Å². The van der Waals surface area contributed by atoms with Crippen molar-refractivity contribution in [2.24, 2.45) is 0 Å². The van der Waals surface area contributed by atoms with Crippen LogP contribution in [0.3, 0.4) is 0 Å². The van der Waals surface area contributed by atoms with Gasteiger partial charge in [0, 0.05) is 17.8 Å². The van der Waals surface area contributed by atoms with E-state index in [0.29, 0.717) is 48.5 Å². The molecule has 13 heteroatoms. The number of piperazine rings is 1. The highest BCUT2D eigenvalue weighted by molar-refractivity contribution is 7.88. The number of hydrogen-bond donors (Lipinski definition) is 3. The number of methoxy groups -OCH3 is 1. The Morgan fingerprint density at radius 3 is 2.53 bits per heavy atom. The van der Waals surface area contributed by atoms with Gasteiger partial charge in [-0.25, -0.2) is 23.4 Å². The first-order valence-electron chi connectivity index (χ1n) is 10.7. The lowest BCUT2D eigenvalue weighted by Gasteiger charge is -2.30. The van der Waals surface area contributed by atoms with Crippen LogP contribution in [0.15, 0.2) is 30.6 Å². The number of anilines is 3. The highest BCUT2D eigenvalue weighted by Crippen LogP contribution is 2.28. The lowest BCUT2D eigenvalue weighted by Crippen LogP contribution is -3.13. The summed E-state index contributed by atoms with van der Waals surface area (Å²) < 4.78 is 30.2. The number of hydrogen-bond acceptors (Lipinski definition) is 10. The molecule has 3 aromatic rings. The third-order valence-electron chi connectivity index (χ3n) is 5.51. The molecule has 4 heterocycles. The Labute approximate surface area is 198 Å². The van der Waals surface area contributed by atoms with Crippen molar-refractivity contribution in [3.63, 3.8) is 0 Å². The fourth-order valence-electron chi connectivity index (χ4n) is 3.81. The molecule has 1 saturated heterocycles. The van der Waals surface area contributed by atoms with E-state index in [1.165, 1.54) is 15.5 Å². The van der Waals surface area contributed by atoms with E-state index in [-0.39, 0.29) is 5.95 Å². The normalized spacial score (nSPS) is 15.3. The highest BCUT2D eigenvalue weighted by Gasteiger charge is 2.26. The van der Waals surface area contributed by atoms with E-state index >= 15 is 0 Å². The van der Waals surface area contributed by atoms with Gasteiger partial charge in [-0.2, -0.15) is 14.3 Å². The van der Waals surface area contributed by atoms with Crippen LogP contribution in [0.5, 0.6) is 5.88 Å². The molecular weight excluding hydrogens is 458 g/mol. The number of aryl methyl sites for hydroxylation is 1. The zero-order valence-corrected chi connectivity index (χ0v) is 20.1. The monoisotopic (exact) mass is 486 g/mol. The fourth-order valence-corrected chi connectivity index (χ4v) is 4.65. The Hall–Kier alpha value is -3.42. The zero-order valence-electron chi connectivity index (χ0n) is 19.3. The molecule has 1 aliphatic heterocycles. The Bertz CT molecular complexity index is 1240. The molecule has 0 aliphatic carbocycles. The van der Waals surface area contributed by atoms with Gasteiger partial charge in [0.05, 0.1) is 57.0 Å². The molecule has 0 unspecified atom stereocenters. The largest absolute Gasteiger partial charge is 0.481 e. The maximum absolute atomic E-state index is 11.8. The molecule has 4 N–H and O–H groups in total. The Morgan fingerprint density at radius 2 is 1.91 bits per heavy atom. The van der Waals surface area contributed by atoms with E-state index in [4.69, 9.17) is 10.5 Å². The molecule has 0 aromatic carbocycles. The predicted molar refractivity (Wildman–Crippen MR) is 127 cm³/mol. The maximum atomic E-state index is 11.8. The van der Waals surface area contributed by atoms with Crippen molar-refractivity contribution in [3.8, 4) is 17.3 Å². The smallest absolute Gasteiger partial charge is 0.223 e. The summed E-state index contributed by atoms with van der Waals surface area (Å²) in [6, 6.07) is 5.57. The standard InChI is InChI=1S/C21H27N9O3S/c1-14-25-20(28-21(22)26-14)17-10-15(13-29-6-8-30(9-7-29)34(3,31)32)11-24-19(17)27-16-4-5-18(33-2)23-12-16/h4-5,10-12H,6-9,13H2,1-3H3,(H,24,27)(H2,22,25,26,28)/p+1. The van der Waals surface area contributed by atoms with Gasteiger partial charge in [0.15, 0.2) is 5.82 Å². The molecule has 0 spiro atoms. The molecule has 12 nitrogen and oxygen atoms in total. The summed E-state index contributed by atoms with van der Waals surface area (Å²) in [7, 11) is -1.60. The van der Waals surface area contributed by atoms with Crippen molar-refractivity contribution in [1.29, 1.82) is 0 Å². The summed E-state index contributed by atoms with van der Waals surface area (Å²) >= 11 is 0. The summed E-state index contributed by atoms with van der Waals surface area (Å²) in [5.74, 6) is 2.12. The number of rotatable bonds is 7. The van der Waals surface area contributed by atoms with Crippen LogP contribution in [0, 0.1) is 6.92 Å². The van der Waals surface area contributed by atoms with Crippen molar-refractivity contribution >= 4 is 27.5 Å². The van der Waals surface area contributed by atoms with E-state index in [2.05, 4.69) is 30.2 Å². The van der Waals surface area contributed by atoms with Gasteiger partial charge in [0.2, 0.25) is 21.9 Å². The van der Waals surface area contributed by atoms with E-state index in [0.717, 1.165) is 24.3 Å². The summed E-state index contributed by atoms with van der Waals surface area (Å²) in [6.07, 6.45) is 4.70. The zero-order chi connectivity index (χ0) is 24.3. The van der Waals surface area contributed by atoms with Crippen LogP contribution in [0.2, 0.25) is 0 Å². The number of nitrogens with zero attached hydrogens (tertiary/aromatic N) is 6. The van der Waals surface area contributed by atoms with Gasteiger partial charge in [0.25, 0.3) is 0 Å². The predicted octanol–water partition coefficient (Wildman–Crippen LogP) is -0.368. The molecule has 0 atom stereocenters. The minimum absolute atomic E-state index is 0.132. The van der Waals surface area contributed by atoms with Crippen LogP contribution >= 0.6 is 0 Å². The molecule has 1 aliphatic rings. The summed E-state index contributed by atoms with van der Waals surface area (Å²) in [6.45, 7) is 4.89. The van der Waals surface area contributed by atoms with E-state index in [1.807, 2.05) is 12.1 Å². The second-order valence-corrected chi connectivity index (χ2v) is 10.1. The molecule has 180 valence electrons. The summed E-state index contributed by atoms with van der Waals surface area (Å²) in [5.41, 5.74) is 8.27. The lowest BCUT2D eigenvalue weighted by atomic mass is 10.1. The number of quaternary nitrogens is 1. The average Bonchev–Trinajstić information content (AvgIpc) is 2.80. The third-order valence-corrected chi connectivity index (χ3v) is 6.81. The Morgan fingerprint density at radius 1 is 1.15 bits per heavy atom. The number of ether oxygens (including phenoxy) is 1. The quantitative estimate of drug-likeness (QED) is 0.403. The van der Waals surface area contributed by atoms with E-state index in [1.54, 1.807) is 32.5 Å². The van der Waals surface area contributed by atoms with Crippen LogP contribution in [0.4, 0.5) is 17.5 Å². The van der Waals surface area contributed by atoms with Gasteiger partial charge in [-0.1, -0.05) is 0 Å². The molecule has 3 aromatic heterocycles. The van der Waals surface area contributed by atoms with Crippen LogP contribution < -0.4 is 20.7 Å². The number of nitrogens with two attached hydrogens (primary N) is 1. The molecule has 0 bridgehead atoms. The Kier molecular flexibility index (Phi) is 6.86. The van der Waals surface area contributed by atoms with Crippen molar-refractivity contribution in [2.45, 2.75) is 13.5 Å². The number of aromatic nitrogens is 5. The van der Waals surface area contributed by atoms with Crippen LogP contribution in [-0.2, 0) is 16.6 Å². The van der Waals surface area contributed by atoms with Crippen molar-refractivity contribution in [3.05, 3.63) is 42.0 Å². The topological polar surface area (TPSA) is 154 Å². The second kappa shape index (κ2) is 9.83. The summed E-state index contributed by atoms with van der Waals surface area (Å²) in [5, 5.41) is 3.26. The summed E-state index contributed by atoms with van der Waals surface area (Å²) in [4.78, 5) is 23.0. The molecule has 0 radical (unpaired) electrons. The maximum Gasteiger partial charge on any atom is 0.223 e. The first-order chi connectivity index (χ1) is 16.2. The van der Waals surface area contributed by atoms with Crippen LogP contribution in [0.1, 0.15) is 11.4 Å². The first kappa shape index (κ1) is 23.7. The average molecular weight is 487 g/mol. The SMILES string of the molecule is COc1ccc(Nc2ncc(C[NH+]3CCN(S(C)(=O)=O)CC3)cc2-c2nc(C)nc(N)n2)cn1. The molecule has 4 rings (SSSR count). The minimum atomic E-state index is -3.16. The lowest BCUT2D eigenvalue weighted by molar-refractivity contribution is -0.917. The first-order valence-corrected chi connectivity index (χ1v) is 12.6. The second-order valence-electron chi connectivity index (χ2n) is 8.11. The van der Waals surface area contributed by atoms with E-state index < -0.39 is 10.0 Å². The van der Waals surface area contributed by atoms with Crippen molar-refractivity contribution in [2.75, 3.05) is 50.6 Å². The minimum Gasteiger partial charge on any atom is -0.481 e. The van der Waals surface area contributed by atoms with Crippen molar-refractivity contribution in [1.82, 2.24) is 29.2 Å². The number of pyridine rings is 2. The molecule has 1 fully saturated rings. The Balaban J connectivity index is 1.61. The van der Waals surface area contributed by atoms with Gasteiger partial charge in [0.1, 0.15) is 18.2 Å². The number of sulfonamides is 1. The number of nitrogens with one attached hydrogen (secondary N) is 2. The molecule has 0 amide bonds. The van der Waals surface area contributed by atoms with E-state index in [9.17, 15) is 8.42 Å². The van der Waals surface area contributed by atoms with Gasteiger partial charge in [-0.15, -0.1) is 0 Å². The third kappa shape index (κ3) is 5.73. The molecule has 34 heavy (non-hydrogen) atoms. The van der Waals surface area contributed by atoms with Gasteiger partial charge >= 0.3 is 0 Å². The van der Waals surface area contributed by atoms with Crippen molar-refractivity contribution < 1.29 is 18.1 Å². The van der Waals surface area contributed by atoms with Gasteiger partial charge in [-0.3, -0.25) is 0 Å². The van der Waals surface area contributed by atoms with Gasteiger partial charge < -0.3 is 20.7 Å². The molecule has 0 saturated carbocycles.